The van der Waals surface area contributed by atoms with Gasteiger partial charge in [0, 0.05) is 16.5 Å². The zero-order valence-electron chi connectivity index (χ0n) is 12.1. The molecule has 1 unspecified atom stereocenters. The first-order valence-corrected chi connectivity index (χ1v) is 8.06. The second-order valence-corrected chi connectivity index (χ2v) is 6.78. The fourth-order valence-electron chi connectivity index (χ4n) is 2.73. The minimum Gasteiger partial charge on any atom is -0.302 e. The Balaban J connectivity index is 2.05. The summed E-state index contributed by atoms with van der Waals surface area (Å²) in [4.78, 5) is 5.89. The van der Waals surface area contributed by atoms with Crippen LogP contribution in [0.1, 0.15) is 47.5 Å². The molecule has 0 fully saturated rings. The lowest BCUT2D eigenvalue weighted by Gasteiger charge is -2.21. The number of aromatic nitrogens is 1. The van der Waals surface area contributed by atoms with Gasteiger partial charge >= 0.3 is 0 Å². The second kappa shape index (κ2) is 5.81. The summed E-state index contributed by atoms with van der Waals surface area (Å²) in [5.41, 5.74) is 1.17. The topological polar surface area (TPSA) is 24.9 Å². The van der Waals surface area contributed by atoms with E-state index in [1.807, 2.05) is 13.8 Å². The first-order chi connectivity index (χ1) is 10.1. The normalized spacial score (nSPS) is 15.5. The van der Waals surface area contributed by atoms with E-state index in [2.05, 4.69) is 10.3 Å². The number of thiazole rings is 1. The maximum atomic E-state index is 14.1. The predicted octanol–water partition coefficient (Wildman–Crippen LogP) is 4.00. The number of nitrogens with zero attached hydrogens (tertiary/aromatic N) is 1. The van der Waals surface area contributed by atoms with E-state index < -0.39 is 17.7 Å². The lowest BCUT2D eigenvalue weighted by molar-refractivity contribution is 0.472. The summed E-state index contributed by atoms with van der Waals surface area (Å²) in [6.07, 6.45) is 3.13. The highest BCUT2D eigenvalue weighted by molar-refractivity contribution is 7.11. The molecule has 0 saturated heterocycles. The Morgan fingerprint density at radius 2 is 1.90 bits per heavy atom. The average Bonchev–Trinajstić information content (AvgIpc) is 2.97. The Labute approximate surface area is 127 Å². The van der Waals surface area contributed by atoms with E-state index in [4.69, 9.17) is 0 Å². The molecule has 5 heteroatoms. The van der Waals surface area contributed by atoms with Crippen LogP contribution in [0.3, 0.4) is 0 Å². The van der Waals surface area contributed by atoms with Crippen LogP contribution in [-0.2, 0) is 12.8 Å². The summed E-state index contributed by atoms with van der Waals surface area (Å²) in [7, 11) is 0. The third-order valence-electron chi connectivity index (χ3n) is 3.65. The molecule has 1 aromatic heterocycles. The van der Waals surface area contributed by atoms with Crippen molar-refractivity contribution in [3.05, 3.63) is 51.0 Å². The van der Waals surface area contributed by atoms with Crippen molar-refractivity contribution in [1.82, 2.24) is 10.3 Å². The molecule has 1 aromatic carbocycles. The largest absolute Gasteiger partial charge is 0.302 e. The van der Waals surface area contributed by atoms with Gasteiger partial charge < -0.3 is 5.32 Å². The molecule has 2 nitrogen and oxygen atoms in total. The van der Waals surface area contributed by atoms with Crippen LogP contribution in [0.4, 0.5) is 8.78 Å². The van der Waals surface area contributed by atoms with Crippen molar-refractivity contribution in [1.29, 1.82) is 0 Å². The molecule has 2 aromatic rings. The lowest BCUT2D eigenvalue weighted by atomic mass is 10.0. The van der Waals surface area contributed by atoms with Gasteiger partial charge in [-0.3, -0.25) is 0 Å². The smallest absolute Gasteiger partial charge is 0.131 e. The quantitative estimate of drug-likeness (QED) is 0.923. The molecule has 0 spiro atoms. The van der Waals surface area contributed by atoms with Crippen LogP contribution in [-0.4, -0.2) is 11.0 Å². The number of hydrogen-bond acceptors (Lipinski definition) is 3. The second-order valence-electron chi connectivity index (χ2n) is 5.67. The van der Waals surface area contributed by atoms with E-state index in [1.54, 1.807) is 11.3 Å². The molecule has 112 valence electrons. The summed E-state index contributed by atoms with van der Waals surface area (Å²) < 4.78 is 28.3. The Hall–Kier alpha value is -1.33. The van der Waals surface area contributed by atoms with Crippen molar-refractivity contribution in [2.24, 2.45) is 0 Å². The summed E-state index contributed by atoms with van der Waals surface area (Å²) in [6.45, 7) is 3.93. The van der Waals surface area contributed by atoms with Crippen LogP contribution in [0.2, 0.25) is 0 Å². The van der Waals surface area contributed by atoms with Gasteiger partial charge in [-0.25, -0.2) is 13.8 Å². The van der Waals surface area contributed by atoms with Gasteiger partial charge in [0.05, 0.1) is 11.7 Å². The number of benzene rings is 1. The number of fused-ring (bicyclic) bond motifs is 1. The standard InChI is InChI=1S/C16H18F2N2S/c1-9(2)19-15(14-10(17)5-3-6-11(14)18)16-20-12-7-4-8-13(12)21-16/h3,5-6,9,15,19H,4,7-8H2,1-2H3. The van der Waals surface area contributed by atoms with E-state index in [0.717, 1.165) is 30.0 Å². The molecule has 1 aliphatic carbocycles. The van der Waals surface area contributed by atoms with Crippen molar-refractivity contribution in [2.75, 3.05) is 0 Å². The third kappa shape index (κ3) is 2.85. The number of rotatable bonds is 4. The Bertz CT molecular complexity index is 610. The van der Waals surface area contributed by atoms with Crippen LogP contribution >= 0.6 is 11.3 Å². The molecule has 1 N–H and O–H groups in total. The molecule has 0 aliphatic heterocycles. The highest BCUT2D eigenvalue weighted by Crippen LogP contribution is 2.35. The molecular formula is C16H18F2N2S. The molecule has 0 radical (unpaired) electrons. The van der Waals surface area contributed by atoms with Gasteiger partial charge in [-0.05, 0) is 45.2 Å². The van der Waals surface area contributed by atoms with Gasteiger partial charge in [-0.15, -0.1) is 11.3 Å². The van der Waals surface area contributed by atoms with Crippen molar-refractivity contribution < 1.29 is 8.78 Å². The molecule has 21 heavy (non-hydrogen) atoms. The van der Waals surface area contributed by atoms with Gasteiger partial charge in [0.15, 0.2) is 0 Å². The molecule has 0 amide bonds. The van der Waals surface area contributed by atoms with Crippen molar-refractivity contribution in [3.63, 3.8) is 0 Å². The third-order valence-corrected chi connectivity index (χ3v) is 4.87. The van der Waals surface area contributed by atoms with E-state index in [9.17, 15) is 8.78 Å². The molecule has 3 rings (SSSR count). The minimum absolute atomic E-state index is 0.0682. The van der Waals surface area contributed by atoms with Gasteiger partial charge in [-0.1, -0.05) is 6.07 Å². The fraction of sp³-hybridized carbons (Fsp3) is 0.438. The highest BCUT2D eigenvalue weighted by Gasteiger charge is 2.27. The zero-order valence-corrected chi connectivity index (χ0v) is 12.9. The maximum Gasteiger partial charge on any atom is 0.131 e. The highest BCUT2D eigenvalue weighted by atomic mass is 32.1. The number of nitrogens with one attached hydrogen (secondary N) is 1. The molecular weight excluding hydrogens is 290 g/mol. The molecule has 1 heterocycles. The summed E-state index contributed by atoms with van der Waals surface area (Å²) in [6, 6.07) is 3.57. The van der Waals surface area contributed by atoms with Crippen LogP contribution in [0.5, 0.6) is 0 Å². The Kier molecular flexibility index (Phi) is 4.04. The van der Waals surface area contributed by atoms with Gasteiger partial charge in [-0.2, -0.15) is 0 Å². The molecule has 0 bridgehead atoms. The predicted molar refractivity (Wildman–Crippen MR) is 80.6 cm³/mol. The van der Waals surface area contributed by atoms with Crippen molar-refractivity contribution in [3.8, 4) is 0 Å². The molecule has 1 atom stereocenters. The van der Waals surface area contributed by atoms with E-state index in [0.29, 0.717) is 0 Å². The number of aryl methyl sites for hydroxylation is 2. The first-order valence-electron chi connectivity index (χ1n) is 7.24. The summed E-state index contributed by atoms with van der Waals surface area (Å²) in [5, 5.41) is 4.01. The van der Waals surface area contributed by atoms with E-state index in [1.165, 1.54) is 23.1 Å². The summed E-state index contributed by atoms with van der Waals surface area (Å²) in [5.74, 6) is -1.05. The molecule has 0 saturated carbocycles. The van der Waals surface area contributed by atoms with Gasteiger partial charge in [0.25, 0.3) is 0 Å². The number of hydrogen-bond donors (Lipinski definition) is 1. The SMILES string of the molecule is CC(C)NC(c1nc2c(s1)CCC2)c1c(F)cccc1F. The summed E-state index contributed by atoms with van der Waals surface area (Å²) >= 11 is 1.58. The van der Waals surface area contributed by atoms with E-state index >= 15 is 0 Å². The van der Waals surface area contributed by atoms with Crippen LogP contribution in [0.15, 0.2) is 18.2 Å². The van der Waals surface area contributed by atoms with Crippen LogP contribution in [0, 0.1) is 11.6 Å². The van der Waals surface area contributed by atoms with Gasteiger partial charge in [0.2, 0.25) is 0 Å². The molecule has 1 aliphatic rings. The number of halogens is 2. The van der Waals surface area contributed by atoms with Crippen LogP contribution < -0.4 is 5.32 Å². The van der Waals surface area contributed by atoms with Crippen molar-refractivity contribution >= 4 is 11.3 Å². The van der Waals surface area contributed by atoms with Crippen molar-refractivity contribution in [2.45, 2.75) is 45.2 Å². The Morgan fingerprint density at radius 1 is 1.19 bits per heavy atom. The average molecular weight is 308 g/mol. The van der Waals surface area contributed by atoms with Crippen LogP contribution in [0.25, 0.3) is 0 Å². The first kappa shape index (κ1) is 14.6. The maximum absolute atomic E-state index is 14.1. The fourth-order valence-corrected chi connectivity index (χ4v) is 3.96. The van der Waals surface area contributed by atoms with Gasteiger partial charge in [0.1, 0.15) is 16.6 Å². The minimum atomic E-state index is -0.526. The zero-order chi connectivity index (χ0) is 15.0. The van der Waals surface area contributed by atoms with E-state index in [-0.39, 0.29) is 11.6 Å². The monoisotopic (exact) mass is 308 g/mol. The Morgan fingerprint density at radius 3 is 2.52 bits per heavy atom. The lowest BCUT2D eigenvalue weighted by Crippen LogP contribution is -2.30.